The van der Waals surface area contributed by atoms with E-state index in [1.165, 1.54) is 11.1 Å². The molecule has 16 heavy (non-hydrogen) atoms. The summed E-state index contributed by atoms with van der Waals surface area (Å²) in [5, 5.41) is 3.17. The second kappa shape index (κ2) is 6.28. The third-order valence-electron chi connectivity index (χ3n) is 2.80. The Bertz CT molecular complexity index is 350. The fourth-order valence-corrected chi connectivity index (χ4v) is 1.72. The molecule has 1 atom stereocenters. The highest BCUT2D eigenvalue weighted by Crippen LogP contribution is 2.07. The van der Waals surface area contributed by atoms with Crippen molar-refractivity contribution in [1.29, 1.82) is 0 Å². The Kier molecular flexibility index (Phi) is 4.99. The zero-order chi connectivity index (χ0) is 12.0. The lowest BCUT2D eigenvalue weighted by molar-refractivity contribution is -0.120. The Labute approximate surface area is 97.0 Å². The number of carbonyl (C=O) groups is 1. The van der Waals surface area contributed by atoms with Crippen molar-refractivity contribution in [3.8, 4) is 0 Å². The third-order valence-corrected chi connectivity index (χ3v) is 2.80. The van der Waals surface area contributed by atoms with Crippen LogP contribution in [0, 0.1) is 6.92 Å². The van der Waals surface area contributed by atoms with Gasteiger partial charge in [-0.25, -0.2) is 0 Å². The molecule has 1 aromatic rings. The monoisotopic (exact) mass is 220 g/mol. The SMILES string of the molecule is CCC(NCCc1ccccc1C)C(N)=O. The second-order valence-corrected chi connectivity index (χ2v) is 3.99. The predicted octanol–water partition coefficient (Wildman–Crippen LogP) is 1.39. The van der Waals surface area contributed by atoms with Gasteiger partial charge in [0.15, 0.2) is 0 Å². The molecule has 0 aliphatic carbocycles. The summed E-state index contributed by atoms with van der Waals surface area (Å²) in [4.78, 5) is 11.0. The quantitative estimate of drug-likeness (QED) is 0.761. The number of hydrogen-bond acceptors (Lipinski definition) is 2. The number of hydrogen-bond donors (Lipinski definition) is 2. The molecule has 0 saturated carbocycles. The van der Waals surface area contributed by atoms with Crippen LogP contribution in [0.25, 0.3) is 0 Å². The molecule has 0 aliphatic rings. The van der Waals surface area contributed by atoms with Crippen LogP contribution in [-0.4, -0.2) is 18.5 Å². The average Bonchev–Trinajstić information content (AvgIpc) is 2.26. The summed E-state index contributed by atoms with van der Waals surface area (Å²) in [6.45, 7) is 4.84. The fraction of sp³-hybridized carbons (Fsp3) is 0.462. The Balaban J connectivity index is 2.41. The van der Waals surface area contributed by atoms with E-state index in [4.69, 9.17) is 5.73 Å². The van der Waals surface area contributed by atoms with Gasteiger partial charge in [0.2, 0.25) is 5.91 Å². The van der Waals surface area contributed by atoms with Crippen LogP contribution in [0.15, 0.2) is 24.3 Å². The van der Waals surface area contributed by atoms with Gasteiger partial charge in [-0.15, -0.1) is 0 Å². The highest BCUT2D eigenvalue weighted by atomic mass is 16.1. The fourth-order valence-electron chi connectivity index (χ4n) is 1.72. The Morgan fingerprint density at radius 3 is 2.69 bits per heavy atom. The molecule has 1 unspecified atom stereocenters. The van der Waals surface area contributed by atoms with Crippen LogP contribution in [0.5, 0.6) is 0 Å². The smallest absolute Gasteiger partial charge is 0.234 e. The molecule has 0 saturated heterocycles. The number of primary amides is 1. The van der Waals surface area contributed by atoms with E-state index in [9.17, 15) is 4.79 Å². The van der Waals surface area contributed by atoms with Gasteiger partial charge in [0, 0.05) is 0 Å². The van der Waals surface area contributed by atoms with Crippen LogP contribution in [0.4, 0.5) is 0 Å². The van der Waals surface area contributed by atoms with Crippen molar-refractivity contribution < 1.29 is 4.79 Å². The summed E-state index contributed by atoms with van der Waals surface area (Å²) in [6.07, 6.45) is 1.67. The van der Waals surface area contributed by atoms with Gasteiger partial charge in [0.05, 0.1) is 6.04 Å². The van der Waals surface area contributed by atoms with Gasteiger partial charge in [-0.1, -0.05) is 31.2 Å². The number of rotatable bonds is 6. The maximum Gasteiger partial charge on any atom is 0.234 e. The standard InChI is InChI=1S/C13H20N2O/c1-3-12(13(14)16)15-9-8-11-7-5-4-6-10(11)2/h4-7,12,15H,3,8-9H2,1-2H3,(H2,14,16). The van der Waals surface area contributed by atoms with Crippen LogP contribution < -0.4 is 11.1 Å². The van der Waals surface area contributed by atoms with E-state index in [1.807, 2.05) is 19.1 Å². The van der Waals surface area contributed by atoms with E-state index >= 15 is 0 Å². The van der Waals surface area contributed by atoms with Gasteiger partial charge in [-0.2, -0.15) is 0 Å². The van der Waals surface area contributed by atoms with E-state index < -0.39 is 0 Å². The van der Waals surface area contributed by atoms with Crippen molar-refractivity contribution in [3.63, 3.8) is 0 Å². The predicted molar refractivity (Wildman–Crippen MR) is 66.2 cm³/mol. The number of carbonyl (C=O) groups excluding carboxylic acids is 1. The summed E-state index contributed by atoms with van der Waals surface area (Å²) >= 11 is 0. The highest BCUT2D eigenvalue weighted by Gasteiger charge is 2.10. The van der Waals surface area contributed by atoms with Crippen molar-refractivity contribution in [1.82, 2.24) is 5.32 Å². The Morgan fingerprint density at radius 1 is 1.44 bits per heavy atom. The number of aryl methyl sites for hydroxylation is 1. The molecule has 1 rings (SSSR count). The molecule has 88 valence electrons. The second-order valence-electron chi connectivity index (χ2n) is 3.99. The van der Waals surface area contributed by atoms with Crippen LogP contribution in [0.2, 0.25) is 0 Å². The van der Waals surface area contributed by atoms with Gasteiger partial charge >= 0.3 is 0 Å². The summed E-state index contributed by atoms with van der Waals surface area (Å²) < 4.78 is 0. The van der Waals surface area contributed by atoms with E-state index in [1.54, 1.807) is 0 Å². The van der Waals surface area contributed by atoms with Gasteiger partial charge < -0.3 is 11.1 Å². The van der Waals surface area contributed by atoms with Crippen LogP contribution >= 0.6 is 0 Å². The highest BCUT2D eigenvalue weighted by molar-refractivity contribution is 5.79. The first-order valence-corrected chi connectivity index (χ1v) is 5.72. The number of amides is 1. The Hall–Kier alpha value is -1.35. The maximum absolute atomic E-state index is 11.0. The first-order valence-electron chi connectivity index (χ1n) is 5.72. The largest absolute Gasteiger partial charge is 0.368 e. The number of benzene rings is 1. The summed E-state index contributed by atoms with van der Waals surface area (Å²) in [5.74, 6) is -0.271. The first-order chi connectivity index (χ1) is 7.65. The minimum atomic E-state index is -0.271. The minimum Gasteiger partial charge on any atom is -0.368 e. The first kappa shape index (κ1) is 12.7. The summed E-state index contributed by atoms with van der Waals surface area (Å²) in [7, 11) is 0. The lowest BCUT2D eigenvalue weighted by atomic mass is 10.1. The Morgan fingerprint density at radius 2 is 2.12 bits per heavy atom. The zero-order valence-corrected chi connectivity index (χ0v) is 9.99. The lowest BCUT2D eigenvalue weighted by Gasteiger charge is -2.13. The van der Waals surface area contributed by atoms with Gasteiger partial charge in [-0.05, 0) is 37.4 Å². The molecule has 0 bridgehead atoms. The van der Waals surface area contributed by atoms with E-state index in [0.717, 1.165) is 19.4 Å². The van der Waals surface area contributed by atoms with Crippen molar-refractivity contribution in [2.45, 2.75) is 32.7 Å². The van der Waals surface area contributed by atoms with Crippen LogP contribution in [0.3, 0.4) is 0 Å². The summed E-state index contributed by atoms with van der Waals surface area (Å²) in [6, 6.07) is 8.07. The average molecular weight is 220 g/mol. The van der Waals surface area contributed by atoms with Crippen LogP contribution in [-0.2, 0) is 11.2 Å². The summed E-state index contributed by atoms with van der Waals surface area (Å²) in [5.41, 5.74) is 7.86. The molecule has 0 spiro atoms. The molecule has 3 heteroatoms. The van der Waals surface area contributed by atoms with Crippen LogP contribution in [0.1, 0.15) is 24.5 Å². The molecule has 3 nitrogen and oxygen atoms in total. The van der Waals surface area contributed by atoms with E-state index in [0.29, 0.717) is 0 Å². The number of nitrogens with two attached hydrogens (primary N) is 1. The van der Waals surface area contributed by atoms with Crippen molar-refractivity contribution in [2.24, 2.45) is 5.73 Å². The van der Waals surface area contributed by atoms with Crippen molar-refractivity contribution in [2.75, 3.05) is 6.54 Å². The van der Waals surface area contributed by atoms with Crippen molar-refractivity contribution >= 4 is 5.91 Å². The van der Waals surface area contributed by atoms with E-state index in [2.05, 4.69) is 24.4 Å². The molecule has 0 fully saturated rings. The molecular weight excluding hydrogens is 200 g/mol. The topological polar surface area (TPSA) is 55.1 Å². The lowest BCUT2D eigenvalue weighted by Crippen LogP contribution is -2.41. The maximum atomic E-state index is 11.0. The number of nitrogens with one attached hydrogen (secondary N) is 1. The van der Waals surface area contributed by atoms with Gasteiger partial charge in [-0.3, -0.25) is 4.79 Å². The molecule has 1 amide bonds. The van der Waals surface area contributed by atoms with Crippen molar-refractivity contribution in [3.05, 3.63) is 35.4 Å². The molecule has 0 radical (unpaired) electrons. The minimum absolute atomic E-state index is 0.205. The third kappa shape index (κ3) is 3.66. The molecule has 1 aromatic carbocycles. The molecule has 0 aromatic heterocycles. The molecule has 0 aliphatic heterocycles. The molecule has 0 heterocycles. The normalized spacial score (nSPS) is 12.4. The zero-order valence-electron chi connectivity index (χ0n) is 9.99. The molecular formula is C13H20N2O. The molecule has 3 N–H and O–H groups in total. The van der Waals surface area contributed by atoms with Gasteiger partial charge in [0.25, 0.3) is 0 Å². The van der Waals surface area contributed by atoms with E-state index in [-0.39, 0.29) is 11.9 Å². The van der Waals surface area contributed by atoms with Gasteiger partial charge in [0.1, 0.15) is 0 Å².